The minimum atomic E-state index is 0.00568. The highest BCUT2D eigenvalue weighted by Crippen LogP contribution is 2.19. The molecule has 0 aliphatic rings. The van der Waals surface area contributed by atoms with Crippen LogP contribution in [0.3, 0.4) is 0 Å². The number of hydrogen-bond acceptors (Lipinski definition) is 4. The van der Waals surface area contributed by atoms with Crippen molar-refractivity contribution < 1.29 is 4.79 Å². The number of aryl methyl sites for hydroxylation is 3. The number of carbonyl (C=O) groups excluding carboxylic acids is 1. The second-order valence-corrected chi connectivity index (χ2v) is 7.08. The van der Waals surface area contributed by atoms with Crippen LogP contribution in [0.2, 0.25) is 0 Å². The summed E-state index contributed by atoms with van der Waals surface area (Å²) in [5.41, 5.74) is 6.89. The molecule has 28 heavy (non-hydrogen) atoms. The Balaban J connectivity index is 1.65. The van der Waals surface area contributed by atoms with Gasteiger partial charge in [0, 0.05) is 48.3 Å². The molecule has 1 amide bonds. The van der Waals surface area contributed by atoms with Crippen molar-refractivity contribution in [3.05, 3.63) is 53.0 Å². The van der Waals surface area contributed by atoms with E-state index in [0.29, 0.717) is 12.8 Å². The number of carbonyl (C=O) groups is 1. The lowest BCUT2D eigenvalue weighted by molar-refractivity contribution is -0.116. The van der Waals surface area contributed by atoms with Crippen LogP contribution < -0.4 is 10.2 Å². The summed E-state index contributed by atoms with van der Waals surface area (Å²) in [6.07, 6.45) is 1.05. The molecule has 6 heteroatoms. The third kappa shape index (κ3) is 4.16. The topological polar surface area (TPSA) is 62.5 Å². The lowest BCUT2D eigenvalue weighted by atomic mass is 10.1. The smallest absolute Gasteiger partial charge is 0.224 e. The Labute approximate surface area is 166 Å². The average molecular weight is 380 g/mol. The number of amides is 1. The molecule has 0 aliphatic carbocycles. The molecule has 3 aromatic rings. The number of fused-ring (bicyclic) bond motifs is 1. The molecule has 0 bridgehead atoms. The summed E-state index contributed by atoms with van der Waals surface area (Å²) in [4.78, 5) is 19.3. The third-order valence-corrected chi connectivity index (χ3v) is 5.17. The predicted octanol–water partition coefficient (Wildman–Crippen LogP) is 4.07. The van der Waals surface area contributed by atoms with Crippen LogP contribution in [0.1, 0.15) is 42.9 Å². The first-order valence-corrected chi connectivity index (χ1v) is 9.90. The van der Waals surface area contributed by atoms with Crippen LogP contribution in [0.25, 0.3) is 5.65 Å². The summed E-state index contributed by atoms with van der Waals surface area (Å²) in [5.74, 6) is 0.00568. The zero-order valence-electron chi connectivity index (χ0n) is 17.4. The van der Waals surface area contributed by atoms with E-state index in [4.69, 9.17) is 0 Å². The highest BCUT2D eigenvalue weighted by molar-refractivity contribution is 5.91. The van der Waals surface area contributed by atoms with Crippen LogP contribution in [0, 0.1) is 20.8 Å². The highest BCUT2D eigenvalue weighted by Gasteiger charge is 2.13. The fourth-order valence-electron chi connectivity index (χ4n) is 3.61. The van der Waals surface area contributed by atoms with Crippen LogP contribution in [0.4, 0.5) is 11.4 Å². The SMILES string of the molecule is CCN(CC)c1ccc(NC(=O)CCc2c(C)nc3cc(C)nn3c2C)cc1. The summed E-state index contributed by atoms with van der Waals surface area (Å²) in [5, 5.41) is 7.49. The monoisotopic (exact) mass is 379 g/mol. The van der Waals surface area contributed by atoms with Crippen molar-refractivity contribution in [2.24, 2.45) is 0 Å². The molecular formula is C22H29N5O. The van der Waals surface area contributed by atoms with Gasteiger partial charge in [-0.25, -0.2) is 9.50 Å². The van der Waals surface area contributed by atoms with Gasteiger partial charge in [-0.05, 0) is 70.9 Å². The number of rotatable bonds is 7. The molecule has 6 nitrogen and oxygen atoms in total. The Hall–Kier alpha value is -2.89. The fourth-order valence-corrected chi connectivity index (χ4v) is 3.61. The van der Waals surface area contributed by atoms with Crippen molar-refractivity contribution in [1.82, 2.24) is 14.6 Å². The third-order valence-electron chi connectivity index (χ3n) is 5.17. The van der Waals surface area contributed by atoms with Gasteiger partial charge in [-0.3, -0.25) is 4.79 Å². The van der Waals surface area contributed by atoms with E-state index in [1.165, 1.54) is 5.69 Å². The van der Waals surface area contributed by atoms with Crippen LogP contribution in [-0.2, 0) is 11.2 Å². The van der Waals surface area contributed by atoms with E-state index >= 15 is 0 Å². The lowest BCUT2D eigenvalue weighted by Gasteiger charge is -2.21. The van der Waals surface area contributed by atoms with Crippen LogP contribution in [-0.4, -0.2) is 33.6 Å². The van der Waals surface area contributed by atoms with E-state index in [2.05, 4.69) is 46.3 Å². The van der Waals surface area contributed by atoms with Crippen molar-refractivity contribution in [2.75, 3.05) is 23.3 Å². The number of nitrogens with zero attached hydrogens (tertiary/aromatic N) is 4. The molecule has 0 radical (unpaired) electrons. The lowest BCUT2D eigenvalue weighted by Crippen LogP contribution is -2.21. The molecule has 0 saturated carbocycles. The quantitative estimate of drug-likeness (QED) is 0.672. The second-order valence-electron chi connectivity index (χ2n) is 7.08. The zero-order valence-corrected chi connectivity index (χ0v) is 17.4. The summed E-state index contributed by atoms with van der Waals surface area (Å²) in [6.45, 7) is 12.2. The predicted molar refractivity (Wildman–Crippen MR) is 114 cm³/mol. The van der Waals surface area contributed by atoms with Crippen molar-refractivity contribution in [1.29, 1.82) is 0 Å². The van der Waals surface area contributed by atoms with Gasteiger partial charge in [0.15, 0.2) is 5.65 Å². The maximum Gasteiger partial charge on any atom is 0.224 e. The largest absolute Gasteiger partial charge is 0.372 e. The van der Waals surface area contributed by atoms with Gasteiger partial charge in [0.1, 0.15) is 0 Å². The standard InChI is InChI=1S/C22H29N5O/c1-6-26(7-2)19-10-8-18(9-11-19)24-22(28)13-12-20-16(4)23-21-14-15(3)25-27(21)17(20)5/h8-11,14H,6-7,12-13H2,1-5H3,(H,24,28). The minimum absolute atomic E-state index is 0.00568. The van der Waals surface area contributed by atoms with Crippen molar-refractivity contribution >= 4 is 22.9 Å². The Morgan fingerprint density at radius 1 is 1.11 bits per heavy atom. The molecule has 3 rings (SSSR count). The molecule has 2 aromatic heterocycles. The zero-order chi connectivity index (χ0) is 20.3. The fraction of sp³-hybridized carbons (Fsp3) is 0.409. The number of hydrogen-bond donors (Lipinski definition) is 1. The van der Waals surface area contributed by atoms with Gasteiger partial charge >= 0.3 is 0 Å². The van der Waals surface area contributed by atoms with Crippen LogP contribution in [0.5, 0.6) is 0 Å². The Morgan fingerprint density at radius 2 is 1.79 bits per heavy atom. The van der Waals surface area contributed by atoms with Gasteiger partial charge in [0.05, 0.1) is 5.69 Å². The second kappa shape index (κ2) is 8.42. The molecule has 0 unspecified atom stereocenters. The first-order valence-electron chi connectivity index (χ1n) is 9.90. The first-order chi connectivity index (χ1) is 13.4. The van der Waals surface area contributed by atoms with Gasteiger partial charge in [0.25, 0.3) is 0 Å². The number of nitrogens with one attached hydrogen (secondary N) is 1. The van der Waals surface area contributed by atoms with E-state index < -0.39 is 0 Å². The average Bonchev–Trinajstić information content (AvgIpc) is 3.04. The van der Waals surface area contributed by atoms with Crippen molar-refractivity contribution in [3.63, 3.8) is 0 Å². The molecule has 1 N–H and O–H groups in total. The number of anilines is 2. The van der Waals surface area contributed by atoms with Gasteiger partial charge < -0.3 is 10.2 Å². The first kappa shape index (κ1) is 19.9. The van der Waals surface area contributed by atoms with Crippen molar-refractivity contribution in [3.8, 4) is 0 Å². The van der Waals surface area contributed by atoms with E-state index in [9.17, 15) is 4.79 Å². The van der Waals surface area contributed by atoms with Gasteiger partial charge in [-0.2, -0.15) is 5.10 Å². The highest BCUT2D eigenvalue weighted by atomic mass is 16.1. The van der Waals surface area contributed by atoms with Crippen LogP contribution in [0.15, 0.2) is 30.3 Å². The van der Waals surface area contributed by atoms with Crippen molar-refractivity contribution in [2.45, 2.75) is 47.5 Å². The molecule has 1 aromatic carbocycles. The van der Waals surface area contributed by atoms with Crippen LogP contribution >= 0.6 is 0 Å². The molecule has 0 atom stereocenters. The summed E-state index contributed by atoms with van der Waals surface area (Å²) in [7, 11) is 0. The molecular weight excluding hydrogens is 350 g/mol. The Kier molecular flexibility index (Phi) is 5.97. The van der Waals surface area contributed by atoms with E-state index in [1.807, 2.05) is 43.5 Å². The van der Waals surface area contributed by atoms with E-state index in [1.54, 1.807) is 0 Å². The molecule has 0 aliphatic heterocycles. The summed E-state index contributed by atoms with van der Waals surface area (Å²) < 4.78 is 1.86. The molecule has 0 spiro atoms. The van der Waals surface area contributed by atoms with Gasteiger partial charge in [0.2, 0.25) is 5.91 Å². The molecule has 2 heterocycles. The molecule has 148 valence electrons. The van der Waals surface area contributed by atoms with Gasteiger partial charge in [-0.1, -0.05) is 0 Å². The summed E-state index contributed by atoms with van der Waals surface area (Å²) >= 11 is 0. The minimum Gasteiger partial charge on any atom is -0.372 e. The van der Waals surface area contributed by atoms with E-state index in [0.717, 1.165) is 47.1 Å². The van der Waals surface area contributed by atoms with E-state index in [-0.39, 0.29) is 5.91 Å². The Morgan fingerprint density at radius 3 is 2.43 bits per heavy atom. The molecule has 0 saturated heterocycles. The normalized spacial score (nSPS) is 11.0. The maximum absolute atomic E-state index is 12.4. The number of aromatic nitrogens is 3. The number of benzene rings is 1. The maximum atomic E-state index is 12.4. The summed E-state index contributed by atoms with van der Waals surface area (Å²) in [6, 6.07) is 9.99. The Bertz CT molecular complexity index is 971. The van der Waals surface area contributed by atoms with Gasteiger partial charge in [-0.15, -0.1) is 0 Å². The molecule has 0 fully saturated rings.